The molecule has 0 aromatic heterocycles. The first kappa shape index (κ1) is 25.1. The van der Waals surface area contributed by atoms with E-state index in [1.165, 1.54) is 25.7 Å². The average molecular weight is 350 g/mol. The van der Waals surface area contributed by atoms with Crippen LogP contribution < -0.4 is 0 Å². The molecule has 0 aliphatic carbocycles. The van der Waals surface area contributed by atoms with Crippen molar-refractivity contribution in [1.82, 2.24) is 0 Å². The van der Waals surface area contributed by atoms with Gasteiger partial charge in [0.1, 0.15) is 6.10 Å². The maximum Gasteiger partial charge on any atom is 0.303 e. The molecule has 0 rings (SSSR count). The van der Waals surface area contributed by atoms with E-state index >= 15 is 0 Å². The highest BCUT2D eigenvalue weighted by Crippen LogP contribution is 2.11. The molecule has 0 aromatic carbocycles. The highest BCUT2D eigenvalue weighted by atomic mass is 16.4. The molecule has 7 heteroatoms. The molecule has 0 amide bonds. The minimum Gasteiger partial charge on any atom is -0.481 e. The predicted octanol–water partition coefficient (Wildman–Crippen LogP) is 2.17. The molecular formula is C17H34O7. The summed E-state index contributed by atoms with van der Waals surface area (Å²) in [5, 5.41) is 40.9. The van der Waals surface area contributed by atoms with E-state index in [1.54, 1.807) is 0 Å². The Morgan fingerprint density at radius 1 is 0.583 bits per heavy atom. The number of unbranched alkanes of at least 4 members (excludes halogenated alkanes) is 9. The van der Waals surface area contributed by atoms with Crippen molar-refractivity contribution in [2.24, 2.45) is 0 Å². The van der Waals surface area contributed by atoms with Gasteiger partial charge in [0.2, 0.25) is 0 Å². The van der Waals surface area contributed by atoms with Gasteiger partial charge in [-0.15, -0.1) is 0 Å². The minimum absolute atomic E-state index is 0.295. The lowest BCUT2D eigenvalue weighted by molar-refractivity contribution is -0.138. The van der Waals surface area contributed by atoms with Crippen LogP contribution >= 0.6 is 0 Å². The molecule has 0 atom stereocenters. The summed E-state index contributed by atoms with van der Waals surface area (Å²) >= 11 is 0. The number of carboxylic acid groups (broad SMARTS) is 2. The zero-order valence-corrected chi connectivity index (χ0v) is 14.5. The Morgan fingerprint density at radius 2 is 0.833 bits per heavy atom. The van der Waals surface area contributed by atoms with Crippen LogP contribution in [0.5, 0.6) is 0 Å². The molecule has 0 radical (unpaired) electrons. The molecule has 144 valence electrons. The van der Waals surface area contributed by atoms with Gasteiger partial charge in [-0.2, -0.15) is 0 Å². The molecule has 7 nitrogen and oxygen atoms in total. The lowest BCUT2D eigenvalue weighted by Gasteiger charge is -2.01. The number of aliphatic carboxylic acids is 2. The molecule has 0 spiro atoms. The van der Waals surface area contributed by atoms with Gasteiger partial charge in [-0.25, -0.2) is 0 Å². The van der Waals surface area contributed by atoms with Crippen molar-refractivity contribution in [1.29, 1.82) is 0 Å². The molecule has 24 heavy (non-hydrogen) atoms. The molecule has 0 heterocycles. The fourth-order valence-electron chi connectivity index (χ4n) is 2.02. The molecule has 5 N–H and O–H groups in total. The number of carbonyl (C=O) groups is 2. The maximum atomic E-state index is 10.3. The van der Waals surface area contributed by atoms with E-state index in [-0.39, 0.29) is 13.2 Å². The first-order valence-electron chi connectivity index (χ1n) is 8.77. The predicted molar refractivity (Wildman–Crippen MR) is 90.9 cm³/mol. The largest absolute Gasteiger partial charge is 0.481 e. The van der Waals surface area contributed by atoms with Gasteiger partial charge in [0.05, 0.1) is 13.2 Å². The van der Waals surface area contributed by atoms with E-state index < -0.39 is 18.0 Å². The summed E-state index contributed by atoms with van der Waals surface area (Å²) in [7, 11) is 0. The van der Waals surface area contributed by atoms with Gasteiger partial charge < -0.3 is 25.5 Å². The second-order valence-electron chi connectivity index (χ2n) is 5.84. The number of aliphatic hydroxyl groups excluding tert-OH is 3. The van der Waals surface area contributed by atoms with Crippen molar-refractivity contribution in [2.75, 3.05) is 13.2 Å². The molecule has 0 aromatic rings. The summed E-state index contributed by atoms with van der Waals surface area (Å²) in [6.45, 7) is -0.729. The first-order chi connectivity index (χ1) is 11.4. The number of rotatable bonds is 15. The van der Waals surface area contributed by atoms with Gasteiger partial charge in [0, 0.05) is 12.8 Å². The van der Waals surface area contributed by atoms with Gasteiger partial charge >= 0.3 is 11.9 Å². The highest BCUT2D eigenvalue weighted by Gasteiger charge is 1.98. The van der Waals surface area contributed by atoms with E-state index in [0.29, 0.717) is 12.8 Å². The summed E-state index contributed by atoms with van der Waals surface area (Å²) in [5.41, 5.74) is 0. The lowest BCUT2D eigenvalue weighted by Crippen LogP contribution is -2.15. The number of hydrogen-bond acceptors (Lipinski definition) is 5. The van der Waals surface area contributed by atoms with Crippen molar-refractivity contribution >= 4 is 11.9 Å². The maximum absolute atomic E-state index is 10.3. The fraction of sp³-hybridized carbons (Fsp3) is 0.882. The van der Waals surface area contributed by atoms with Crippen molar-refractivity contribution < 1.29 is 35.1 Å². The van der Waals surface area contributed by atoms with E-state index in [0.717, 1.165) is 38.5 Å². The van der Waals surface area contributed by atoms with E-state index in [1.807, 2.05) is 0 Å². The second-order valence-corrected chi connectivity index (χ2v) is 5.84. The zero-order chi connectivity index (χ0) is 18.6. The van der Waals surface area contributed by atoms with Crippen LogP contribution in [0.4, 0.5) is 0 Å². The van der Waals surface area contributed by atoms with Gasteiger partial charge in [-0.1, -0.05) is 51.4 Å². The molecule has 0 saturated heterocycles. The van der Waals surface area contributed by atoms with Gasteiger partial charge in [-0.05, 0) is 12.8 Å². The Balaban J connectivity index is 0. The average Bonchev–Trinajstić information content (AvgIpc) is 2.55. The van der Waals surface area contributed by atoms with Crippen LogP contribution in [0.1, 0.15) is 77.0 Å². The third-order valence-electron chi connectivity index (χ3n) is 3.45. The molecule has 0 aliphatic rings. The fourth-order valence-corrected chi connectivity index (χ4v) is 2.02. The van der Waals surface area contributed by atoms with Crippen molar-refractivity contribution in [3.8, 4) is 0 Å². The molecule has 0 bridgehead atoms. The lowest BCUT2D eigenvalue weighted by atomic mass is 10.1. The summed E-state index contributed by atoms with van der Waals surface area (Å²) < 4.78 is 0. The van der Waals surface area contributed by atoms with Crippen molar-refractivity contribution in [3.63, 3.8) is 0 Å². The summed E-state index contributed by atoms with van der Waals surface area (Å²) in [5.74, 6) is -1.40. The van der Waals surface area contributed by atoms with E-state index in [9.17, 15) is 9.59 Å². The van der Waals surface area contributed by atoms with E-state index in [4.69, 9.17) is 25.5 Å². The third-order valence-corrected chi connectivity index (χ3v) is 3.45. The van der Waals surface area contributed by atoms with Crippen LogP contribution in [0.25, 0.3) is 0 Å². The van der Waals surface area contributed by atoms with Crippen LogP contribution in [0.2, 0.25) is 0 Å². The Morgan fingerprint density at radius 3 is 1.00 bits per heavy atom. The monoisotopic (exact) mass is 350 g/mol. The topological polar surface area (TPSA) is 135 Å². The van der Waals surface area contributed by atoms with Crippen LogP contribution in [-0.4, -0.2) is 56.8 Å². The van der Waals surface area contributed by atoms with Gasteiger partial charge in [-0.3, -0.25) is 9.59 Å². The van der Waals surface area contributed by atoms with Crippen molar-refractivity contribution in [3.05, 3.63) is 0 Å². The van der Waals surface area contributed by atoms with Gasteiger partial charge in [0.15, 0.2) is 0 Å². The Hall–Kier alpha value is -1.18. The molecular weight excluding hydrogens is 316 g/mol. The summed E-state index contributed by atoms with van der Waals surface area (Å²) in [6, 6.07) is 0. The van der Waals surface area contributed by atoms with Crippen LogP contribution in [0, 0.1) is 0 Å². The molecule has 0 saturated carbocycles. The number of aliphatic hydroxyl groups is 3. The second kappa shape index (κ2) is 19.9. The quantitative estimate of drug-likeness (QED) is 0.286. The Bertz CT molecular complexity index is 267. The van der Waals surface area contributed by atoms with Crippen molar-refractivity contribution in [2.45, 2.75) is 83.2 Å². The van der Waals surface area contributed by atoms with E-state index in [2.05, 4.69) is 0 Å². The normalized spacial score (nSPS) is 10.3. The first-order valence-corrected chi connectivity index (χ1v) is 8.77. The Kier molecular flexibility index (Phi) is 20.7. The van der Waals surface area contributed by atoms with Crippen LogP contribution in [0.3, 0.4) is 0 Å². The zero-order valence-electron chi connectivity index (χ0n) is 14.5. The molecule has 0 aliphatic heterocycles. The van der Waals surface area contributed by atoms with Crippen LogP contribution in [-0.2, 0) is 9.59 Å². The minimum atomic E-state index is -0.954. The highest BCUT2D eigenvalue weighted by molar-refractivity contribution is 5.66. The number of hydrogen-bond donors (Lipinski definition) is 5. The standard InChI is InChI=1S/C14H26O4.C3H8O3/c15-13(16)11-9-7-5-3-1-2-4-6-8-10-12-14(17)18;4-1-3(6)2-5/h1-12H2,(H,15,16)(H,17,18);3-6H,1-2H2. The summed E-state index contributed by atoms with van der Waals surface area (Å²) in [6.07, 6.45) is 10.3. The SMILES string of the molecule is O=C(O)CCCCCCCCCCCCC(=O)O.OCC(O)CO. The van der Waals surface area contributed by atoms with Crippen LogP contribution in [0.15, 0.2) is 0 Å². The smallest absolute Gasteiger partial charge is 0.303 e. The summed E-state index contributed by atoms with van der Waals surface area (Å²) in [4.78, 5) is 20.5. The Labute approximate surface area is 144 Å². The molecule has 0 unspecified atom stereocenters. The third kappa shape index (κ3) is 25.8. The molecule has 0 fully saturated rings. The van der Waals surface area contributed by atoms with Gasteiger partial charge in [0.25, 0.3) is 0 Å². The number of carboxylic acids is 2.